The van der Waals surface area contributed by atoms with Gasteiger partial charge in [0.1, 0.15) is 0 Å². The molecule has 4 nitrogen and oxygen atoms in total. The van der Waals surface area contributed by atoms with Gasteiger partial charge < -0.3 is 15.0 Å². The van der Waals surface area contributed by atoms with E-state index in [1.807, 2.05) is 19.9 Å². The Kier molecular flexibility index (Phi) is 6.46. The summed E-state index contributed by atoms with van der Waals surface area (Å²) in [6.07, 6.45) is 2.64. The molecule has 0 saturated carbocycles. The van der Waals surface area contributed by atoms with E-state index in [1.165, 1.54) is 0 Å². The number of nitrogens with zero attached hydrogens (tertiary/aromatic N) is 1. The van der Waals surface area contributed by atoms with Crippen LogP contribution in [0.3, 0.4) is 0 Å². The van der Waals surface area contributed by atoms with Crippen LogP contribution < -0.4 is 5.32 Å². The van der Waals surface area contributed by atoms with Gasteiger partial charge in [-0.25, -0.2) is 0 Å². The summed E-state index contributed by atoms with van der Waals surface area (Å²) < 4.78 is 2.15. The fraction of sp³-hybridized carbons (Fsp3) is 0.706. The lowest BCUT2D eigenvalue weighted by Crippen LogP contribution is -2.37. The van der Waals surface area contributed by atoms with Gasteiger partial charge in [0.2, 0.25) is 0 Å². The molecule has 0 aliphatic heterocycles. The first-order valence-electron chi connectivity index (χ1n) is 8.00. The summed E-state index contributed by atoms with van der Waals surface area (Å²) in [5, 5.41) is 12.3. The standard InChI is InChI=1S/C17H30N2O2/c1-6-17(7-2,9-10-20)12-18-16(21)15-11-13(4)19(8-3)14(15)5/h11,20H,6-10,12H2,1-5H3,(H,18,21). The summed E-state index contributed by atoms with van der Waals surface area (Å²) in [6.45, 7) is 12.0. The Morgan fingerprint density at radius 1 is 1.29 bits per heavy atom. The highest BCUT2D eigenvalue weighted by molar-refractivity contribution is 5.95. The molecule has 1 heterocycles. The molecule has 0 aromatic carbocycles. The van der Waals surface area contributed by atoms with Crippen molar-refractivity contribution in [3.8, 4) is 0 Å². The highest BCUT2D eigenvalue weighted by atomic mass is 16.3. The molecule has 21 heavy (non-hydrogen) atoms. The Bertz CT molecular complexity index is 473. The Labute approximate surface area is 128 Å². The molecule has 0 atom stereocenters. The highest BCUT2D eigenvalue weighted by Crippen LogP contribution is 2.29. The van der Waals surface area contributed by atoms with Gasteiger partial charge in [-0.1, -0.05) is 13.8 Å². The average Bonchev–Trinajstić information content (AvgIpc) is 2.77. The van der Waals surface area contributed by atoms with Crippen LogP contribution in [0.5, 0.6) is 0 Å². The van der Waals surface area contributed by atoms with E-state index < -0.39 is 0 Å². The summed E-state index contributed by atoms with van der Waals surface area (Å²) in [5.41, 5.74) is 2.90. The molecule has 0 saturated heterocycles. The van der Waals surface area contributed by atoms with E-state index in [0.717, 1.165) is 42.8 Å². The Balaban J connectivity index is 2.82. The molecule has 0 aliphatic rings. The number of nitrogens with one attached hydrogen (secondary N) is 1. The largest absolute Gasteiger partial charge is 0.396 e. The molecule has 0 radical (unpaired) electrons. The predicted molar refractivity (Wildman–Crippen MR) is 86.6 cm³/mol. The van der Waals surface area contributed by atoms with Crippen LogP contribution in [0.4, 0.5) is 0 Å². The SMILES string of the molecule is CCn1c(C)cc(C(=O)NCC(CC)(CC)CCO)c1C. The van der Waals surface area contributed by atoms with Crippen molar-refractivity contribution in [1.29, 1.82) is 0 Å². The maximum atomic E-state index is 12.4. The molecule has 1 amide bonds. The summed E-state index contributed by atoms with van der Waals surface area (Å²) in [6, 6.07) is 1.96. The summed E-state index contributed by atoms with van der Waals surface area (Å²) in [4.78, 5) is 12.4. The Morgan fingerprint density at radius 3 is 2.33 bits per heavy atom. The molecule has 120 valence electrons. The van der Waals surface area contributed by atoms with Crippen LogP contribution in [0, 0.1) is 19.3 Å². The van der Waals surface area contributed by atoms with Crippen molar-refractivity contribution in [2.45, 2.75) is 60.4 Å². The van der Waals surface area contributed by atoms with Gasteiger partial charge in [-0.2, -0.15) is 0 Å². The molecule has 0 spiro atoms. The van der Waals surface area contributed by atoms with E-state index in [0.29, 0.717) is 6.54 Å². The van der Waals surface area contributed by atoms with Crippen molar-refractivity contribution < 1.29 is 9.90 Å². The fourth-order valence-corrected chi connectivity index (χ4v) is 3.06. The van der Waals surface area contributed by atoms with Crippen LogP contribution in [-0.2, 0) is 6.54 Å². The molecule has 0 aliphatic carbocycles. The predicted octanol–water partition coefficient (Wildman–Crippen LogP) is 3.04. The molecule has 1 aromatic rings. The van der Waals surface area contributed by atoms with Crippen LogP contribution >= 0.6 is 0 Å². The first-order valence-corrected chi connectivity index (χ1v) is 8.00. The number of hydrogen-bond donors (Lipinski definition) is 2. The summed E-state index contributed by atoms with van der Waals surface area (Å²) >= 11 is 0. The number of carbonyl (C=O) groups excluding carboxylic acids is 1. The zero-order valence-electron chi connectivity index (χ0n) is 14.1. The third-order valence-electron chi connectivity index (χ3n) is 4.90. The van der Waals surface area contributed by atoms with Gasteiger partial charge in [0.25, 0.3) is 5.91 Å². The van der Waals surface area contributed by atoms with Crippen molar-refractivity contribution >= 4 is 5.91 Å². The Morgan fingerprint density at radius 2 is 1.90 bits per heavy atom. The van der Waals surface area contributed by atoms with E-state index in [9.17, 15) is 9.90 Å². The van der Waals surface area contributed by atoms with E-state index in [1.54, 1.807) is 0 Å². The van der Waals surface area contributed by atoms with Crippen LogP contribution in [0.2, 0.25) is 0 Å². The monoisotopic (exact) mass is 294 g/mol. The normalized spacial score (nSPS) is 11.7. The number of aliphatic hydroxyl groups is 1. The summed E-state index contributed by atoms with van der Waals surface area (Å²) in [7, 11) is 0. The number of aromatic nitrogens is 1. The van der Waals surface area contributed by atoms with Crippen molar-refractivity contribution in [2.75, 3.05) is 13.2 Å². The van der Waals surface area contributed by atoms with Gasteiger partial charge in [-0.3, -0.25) is 4.79 Å². The number of hydrogen-bond acceptors (Lipinski definition) is 2. The summed E-state index contributed by atoms with van der Waals surface area (Å²) in [5.74, 6) is -0.00739. The third kappa shape index (κ3) is 3.88. The maximum absolute atomic E-state index is 12.4. The number of carbonyl (C=O) groups is 1. The maximum Gasteiger partial charge on any atom is 0.253 e. The van der Waals surface area contributed by atoms with Crippen LogP contribution in [0.1, 0.15) is 61.8 Å². The molecular weight excluding hydrogens is 264 g/mol. The third-order valence-corrected chi connectivity index (χ3v) is 4.90. The molecule has 0 unspecified atom stereocenters. The van der Waals surface area contributed by atoms with Crippen LogP contribution in [0.15, 0.2) is 6.07 Å². The zero-order chi connectivity index (χ0) is 16.0. The van der Waals surface area contributed by atoms with E-state index >= 15 is 0 Å². The van der Waals surface area contributed by atoms with Crippen LogP contribution in [-0.4, -0.2) is 28.7 Å². The zero-order valence-corrected chi connectivity index (χ0v) is 14.1. The van der Waals surface area contributed by atoms with Gasteiger partial charge in [0.15, 0.2) is 0 Å². The number of rotatable bonds is 8. The van der Waals surface area contributed by atoms with E-state index in [-0.39, 0.29) is 17.9 Å². The lowest BCUT2D eigenvalue weighted by molar-refractivity contribution is 0.0906. The van der Waals surface area contributed by atoms with Gasteiger partial charge >= 0.3 is 0 Å². The first kappa shape index (κ1) is 17.8. The topological polar surface area (TPSA) is 54.3 Å². The average molecular weight is 294 g/mol. The number of aryl methyl sites for hydroxylation is 1. The first-order chi connectivity index (χ1) is 9.94. The van der Waals surface area contributed by atoms with E-state index in [4.69, 9.17) is 0 Å². The van der Waals surface area contributed by atoms with Gasteiger partial charge in [-0.05, 0) is 51.5 Å². The van der Waals surface area contributed by atoms with Crippen molar-refractivity contribution in [3.05, 3.63) is 23.0 Å². The molecule has 4 heteroatoms. The minimum Gasteiger partial charge on any atom is -0.396 e. The molecule has 1 aromatic heterocycles. The fourth-order valence-electron chi connectivity index (χ4n) is 3.06. The molecular formula is C17H30N2O2. The smallest absolute Gasteiger partial charge is 0.253 e. The number of amides is 1. The lowest BCUT2D eigenvalue weighted by Gasteiger charge is -2.31. The van der Waals surface area contributed by atoms with Gasteiger partial charge in [0.05, 0.1) is 5.56 Å². The van der Waals surface area contributed by atoms with E-state index in [2.05, 4.69) is 30.7 Å². The minimum absolute atomic E-state index is 0.000676. The second-order valence-corrected chi connectivity index (χ2v) is 5.89. The molecule has 1 rings (SSSR count). The van der Waals surface area contributed by atoms with Gasteiger partial charge in [-0.15, -0.1) is 0 Å². The van der Waals surface area contributed by atoms with Crippen LogP contribution in [0.25, 0.3) is 0 Å². The van der Waals surface area contributed by atoms with Crippen molar-refractivity contribution in [2.24, 2.45) is 5.41 Å². The van der Waals surface area contributed by atoms with Crippen molar-refractivity contribution in [3.63, 3.8) is 0 Å². The molecule has 2 N–H and O–H groups in total. The highest BCUT2D eigenvalue weighted by Gasteiger charge is 2.27. The second kappa shape index (κ2) is 7.64. The molecule has 0 bridgehead atoms. The molecule has 0 fully saturated rings. The Hall–Kier alpha value is -1.29. The van der Waals surface area contributed by atoms with Gasteiger partial charge in [0, 0.05) is 31.1 Å². The quantitative estimate of drug-likeness (QED) is 0.774. The second-order valence-electron chi connectivity index (χ2n) is 5.89. The lowest BCUT2D eigenvalue weighted by atomic mass is 9.79. The number of aliphatic hydroxyl groups excluding tert-OH is 1. The van der Waals surface area contributed by atoms with Crippen molar-refractivity contribution in [1.82, 2.24) is 9.88 Å². The minimum atomic E-state index is -0.00739.